The van der Waals surface area contributed by atoms with Gasteiger partial charge in [-0.3, -0.25) is 0 Å². The molecule has 0 spiro atoms. The van der Waals surface area contributed by atoms with Gasteiger partial charge in [0.2, 0.25) is 5.79 Å². The number of hydrogen-bond donors (Lipinski definition) is 1. The number of nitrogens with one attached hydrogen (secondary N) is 1. The molecule has 1 aromatic carbocycles. The third kappa shape index (κ3) is 1.30. The third-order valence-electron chi connectivity index (χ3n) is 2.06. The summed E-state index contributed by atoms with van der Waals surface area (Å²) < 4.78 is 26.5. The summed E-state index contributed by atoms with van der Waals surface area (Å²) in [5.74, 6) is -2.86. The fourth-order valence-electron chi connectivity index (χ4n) is 1.32. The highest BCUT2D eigenvalue weighted by atomic mass is 19.2. The zero-order chi connectivity index (χ0) is 9.47. The predicted molar refractivity (Wildman–Crippen MR) is 48.7 cm³/mol. The molecule has 1 atom stereocenters. The summed E-state index contributed by atoms with van der Waals surface area (Å²) >= 11 is 0. The summed E-state index contributed by atoms with van der Waals surface area (Å²) in [4.78, 5) is 0. The van der Waals surface area contributed by atoms with Gasteiger partial charge in [0, 0.05) is 11.3 Å². The summed E-state index contributed by atoms with van der Waals surface area (Å²) in [5, 5.41) is 2.48. The Bertz CT molecular complexity index is 369. The van der Waals surface area contributed by atoms with E-state index in [2.05, 4.69) is 5.32 Å². The van der Waals surface area contributed by atoms with E-state index in [0.717, 1.165) is 6.92 Å². The minimum atomic E-state index is -2.08. The standard InChI is InChI=1S/C10H9F2N/c1-10(12)9(11)6-7-4-2-3-5-8(7)13-10/h2-6,13H,1H3. The Hall–Kier alpha value is -1.38. The molecule has 68 valence electrons. The fourth-order valence-corrected chi connectivity index (χ4v) is 1.32. The fraction of sp³-hybridized carbons (Fsp3) is 0.200. The third-order valence-corrected chi connectivity index (χ3v) is 2.06. The molecule has 1 nitrogen and oxygen atoms in total. The highest BCUT2D eigenvalue weighted by molar-refractivity contribution is 5.72. The molecule has 0 aromatic heterocycles. The van der Waals surface area contributed by atoms with Gasteiger partial charge in [-0.25, -0.2) is 8.78 Å². The molecule has 2 rings (SSSR count). The largest absolute Gasteiger partial charge is 0.348 e. The Kier molecular flexibility index (Phi) is 1.62. The molecule has 1 aliphatic heterocycles. The Morgan fingerprint density at radius 2 is 2.00 bits per heavy atom. The number of halogens is 2. The van der Waals surface area contributed by atoms with Crippen LogP contribution in [0.15, 0.2) is 30.1 Å². The average Bonchev–Trinajstić information content (AvgIpc) is 2.06. The van der Waals surface area contributed by atoms with Crippen LogP contribution in [0.5, 0.6) is 0 Å². The first kappa shape index (κ1) is 8.23. The van der Waals surface area contributed by atoms with Crippen molar-refractivity contribution in [1.29, 1.82) is 0 Å². The number of benzene rings is 1. The lowest BCUT2D eigenvalue weighted by Crippen LogP contribution is -2.32. The van der Waals surface area contributed by atoms with E-state index in [1.54, 1.807) is 24.3 Å². The van der Waals surface area contributed by atoms with Crippen LogP contribution in [0.3, 0.4) is 0 Å². The highest BCUT2D eigenvalue weighted by Crippen LogP contribution is 2.34. The second-order valence-corrected chi connectivity index (χ2v) is 3.21. The van der Waals surface area contributed by atoms with Gasteiger partial charge in [-0.1, -0.05) is 18.2 Å². The van der Waals surface area contributed by atoms with E-state index in [1.807, 2.05) is 0 Å². The second-order valence-electron chi connectivity index (χ2n) is 3.21. The van der Waals surface area contributed by atoms with Crippen molar-refractivity contribution >= 4 is 11.8 Å². The molecule has 0 aliphatic carbocycles. The van der Waals surface area contributed by atoms with Crippen molar-refractivity contribution in [2.45, 2.75) is 12.7 Å². The van der Waals surface area contributed by atoms with Crippen molar-refractivity contribution in [2.24, 2.45) is 0 Å². The van der Waals surface area contributed by atoms with Crippen molar-refractivity contribution in [2.75, 3.05) is 5.32 Å². The minimum absolute atomic E-state index is 0.619. The molecule has 0 radical (unpaired) electrons. The topological polar surface area (TPSA) is 12.0 Å². The SMILES string of the molecule is CC1(F)Nc2ccccc2C=C1F. The van der Waals surface area contributed by atoms with E-state index in [1.165, 1.54) is 6.08 Å². The van der Waals surface area contributed by atoms with Crippen LogP contribution in [0.25, 0.3) is 6.08 Å². The van der Waals surface area contributed by atoms with Crippen LogP contribution >= 0.6 is 0 Å². The minimum Gasteiger partial charge on any atom is -0.348 e. The number of rotatable bonds is 0. The van der Waals surface area contributed by atoms with Gasteiger partial charge in [-0.2, -0.15) is 0 Å². The Morgan fingerprint density at radius 1 is 1.31 bits per heavy atom. The van der Waals surface area contributed by atoms with Crippen molar-refractivity contribution in [3.63, 3.8) is 0 Å². The molecule has 1 N–H and O–H groups in total. The van der Waals surface area contributed by atoms with E-state index in [0.29, 0.717) is 11.3 Å². The predicted octanol–water partition coefficient (Wildman–Crippen LogP) is 3.11. The van der Waals surface area contributed by atoms with Gasteiger partial charge in [0.1, 0.15) is 0 Å². The first-order valence-electron chi connectivity index (χ1n) is 4.03. The van der Waals surface area contributed by atoms with Crippen molar-refractivity contribution in [3.05, 3.63) is 35.7 Å². The second kappa shape index (κ2) is 2.55. The molecule has 3 heteroatoms. The number of hydrogen-bond acceptors (Lipinski definition) is 1. The van der Waals surface area contributed by atoms with E-state index in [-0.39, 0.29) is 0 Å². The van der Waals surface area contributed by atoms with Crippen LogP contribution in [-0.2, 0) is 0 Å². The Labute approximate surface area is 75.1 Å². The molecule has 1 unspecified atom stereocenters. The molecule has 0 fully saturated rings. The summed E-state index contributed by atoms with van der Waals surface area (Å²) in [7, 11) is 0. The lowest BCUT2D eigenvalue weighted by atomic mass is 10.0. The molecule has 1 aromatic rings. The molecule has 13 heavy (non-hydrogen) atoms. The molecular formula is C10H9F2N. The normalized spacial score (nSPS) is 25.9. The zero-order valence-corrected chi connectivity index (χ0v) is 7.14. The number of para-hydroxylation sites is 1. The Balaban J connectivity index is 2.53. The maximum Gasteiger partial charge on any atom is 0.229 e. The molecule has 1 heterocycles. The molecular weight excluding hydrogens is 172 g/mol. The van der Waals surface area contributed by atoms with E-state index >= 15 is 0 Å². The number of fused-ring (bicyclic) bond motifs is 1. The molecule has 0 amide bonds. The number of anilines is 1. The van der Waals surface area contributed by atoms with Crippen molar-refractivity contribution in [1.82, 2.24) is 0 Å². The summed E-state index contributed by atoms with van der Waals surface area (Å²) in [6.07, 6.45) is 1.21. The van der Waals surface area contributed by atoms with Gasteiger partial charge in [-0.05, 0) is 19.1 Å². The van der Waals surface area contributed by atoms with Crippen LogP contribution in [0.2, 0.25) is 0 Å². The summed E-state index contributed by atoms with van der Waals surface area (Å²) in [5.41, 5.74) is 1.30. The molecule has 0 saturated carbocycles. The summed E-state index contributed by atoms with van der Waals surface area (Å²) in [6.45, 7) is 1.16. The van der Waals surface area contributed by atoms with Gasteiger partial charge in [-0.15, -0.1) is 0 Å². The van der Waals surface area contributed by atoms with Gasteiger partial charge in [0.15, 0.2) is 5.83 Å². The lowest BCUT2D eigenvalue weighted by Gasteiger charge is -2.26. The first-order valence-corrected chi connectivity index (χ1v) is 4.03. The monoisotopic (exact) mass is 181 g/mol. The van der Waals surface area contributed by atoms with Crippen LogP contribution in [0.1, 0.15) is 12.5 Å². The maximum atomic E-state index is 13.4. The summed E-state index contributed by atoms with van der Waals surface area (Å²) in [6, 6.07) is 7.01. The van der Waals surface area contributed by atoms with Gasteiger partial charge < -0.3 is 5.32 Å². The van der Waals surface area contributed by atoms with Gasteiger partial charge in [0.05, 0.1) is 0 Å². The van der Waals surface area contributed by atoms with E-state index in [9.17, 15) is 8.78 Å². The van der Waals surface area contributed by atoms with Gasteiger partial charge >= 0.3 is 0 Å². The van der Waals surface area contributed by atoms with Gasteiger partial charge in [0.25, 0.3) is 0 Å². The first-order chi connectivity index (χ1) is 6.09. The molecule has 0 saturated heterocycles. The molecule has 1 aliphatic rings. The van der Waals surface area contributed by atoms with Crippen molar-refractivity contribution in [3.8, 4) is 0 Å². The van der Waals surface area contributed by atoms with E-state index in [4.69, 9.17) is 0 Å². The quantitative estimate of drug-likeness (QED) is 0.606. The van der Waals surface area contributed by atoms with Crippen LogP contribution in [0, 0.1) is 0 Å². The average molecular weight is 181 g/mol. The zero-order valence-electron chi connectivity index (χ0n) is 7.14. The maximum absolute atomic E-state index is 13.4. The van der Waals surface area contributed by atoms with Crippen LogP contribution in [-0.4, -0.2) is 5.79 Å². The smallest absolute Gasteiger partial charge is 0.229 e. The van der Waals surface area contributed by atoms with Crippen LogP contribution in [0.4, 0.5) is 14.5 Å². The Morgan fingerprint density at radius 3 is 2.77 bits per heavy atom. The molecule has 0 bridgehead atoms. The highest BCUT2D eigenvalue weighted by Gasteiger charge is 2.32. The number of alkyl halides is 1. The lowest BCUT2D eigenvalue weighted by molar-refractivity contribution is 0.235. The van der Waals surface area contributed by atoms with E-state index < -0.39 is 11.6 Å². The van der Waals surface area contributed by atoms with Crippen molar-refractivity contribution < 1.29 is 8.78 Å². The van der Waals surface area contributed by atoms with Crippen LogP contribution < -0.4 is 5.32 Å².